The Morgan fingerprint density at radius 3 is 2.64 bits per heavy atom. The summed E-state index contributed by atoms with van der Waals surface area (Å²) in [7, 11) is 0. The monoisotopic (exact) mass is 203 g/mol. The first-order valence-corrected chi connectivity index (χ1v) is 3.84. The molecule has 0 bridgehead atoms. The Balaban J connectivity index is 2.89. The van der Waals surface area contributed by atoms with Crippen molar-refractivity contribution in [1.82, 2.24) is 4.98 Å². The molecule has 1 aromatic rings. The van der Waals surface area contributed by atoms with Crippen LogP contribution in [0.3, 0.4) is 0 Å². The Bertz CT molecular complexity index is 353. The molecule has 0 aromatic carbocycles. The van der Waals surface area contributed by atoms with E-state index in [1.54, 1.807) is 0 Å². The lowest BCUT2D eigenvalue weighted by Gasteiger charge is -2.13. The van der Waals surface area contributed by atoms with Crippen molar-refractivity contribution >= 4 is 12.9 Å². The van der Waals surface area contributed by atoms with E-state index in [-0.39, 0.29) is 11.3 Å². The van der Waals surface area contributed by atoms with E-state index in [9.17, 15) is 17.7 Å². The molecule has 0 radical (unpaired) electrons. The third-order valence-corrected chi connectivity index (χ3v) is 1.54. The van der Waals surface area contributed by atoms with E-state index >= 15 is 0 Å². The Hall–Kier alpha value is -1.53. The van der Waals surface area contributed by atoms with Crippen LogP contribution in [0.1, 0.15) is 16.1 Å². The van der Waals surface area contributed by atoms with Crippen LogP contribution < -0.4 is 5.73 Å². The summed E-state index contributed by atoms with van der Waals surface area (Å²) >= 11 is 0. The molecule has 0 saturated heterocycles. The Kier molecular flexibility index (Phi) is 2.78. The topological polar surface area (TPSA) is 56.0 Å². The maximum atomic E-state index is 12.0. The highest BCUT2D eigenvalue weighted by molar-refractivity contribution is 6.57. The van der Waals surface area contributed by atoms with Gasteiger partial charge in [0.15, 0.2) is 0 Å². The zero-order valence-electron chi connectivity index (χ0n) is 7.08. The number of halogens is 3. The number of carbonyl (C=O) groups is 1. The van der Waals surface area contributed by atoms with Crippen molar-refractivity contribution in [2.24, 2.45) is 5.73 Å². The van der Waals surface area contributed by atoms with Crippen LogP contribution in [0.15, 0.2) is 18.3 Å². The average molecular weight is 203 g/mol. The van der Waals surface area contributed by atoms with Gasteiger partial charge in [0, 0.05) is 6.20 Å². The van der Waals surface area contributed by atoms with Gasteiger partial charge in [-0.25, -0.2) is 0 Å². The van der Waals surface area contributed by atoms with Gasteiger partial charge in [-0.05, 0) is 12.1 Å². The lowest BCUT2D eigenvalue weighted by atomic mass is 9.82. The third-order valence-electron chi connectivity index (χ3n) is 1.54. The highest BCUT2D eigenvalue weighted by atomic mass is 19.4. The van der Waals surface area contributed by atoms with E-state index in [0.29, 0.717) is 0 Å². The number of pyridine rings is 1. The van der Waals surface area contributed by atoms with Crippen molar-refractivity contribution < 1.29 is 17.7 Å². The van der Waals surface area contributed by atoms with Gasteiger partial charge in [0.25, 0.3) is 5.91 Å². The second kappa shape index (κ2) is 3.69. The summed E-state index contributed by atoms with van der Waals surface area (Å²) in [6.45, 7) is -4.90. The summed E-state index contributed by atoms with van der Waals surface area (Å²) < 4.78 is 36.0. The zero-order chi connectivity index (χ0) is 10.8. The van der Waals surface area contributed by atoms with E-state index in [2.05, 4.69) is 4.98 Å². The quantitative estimate of drug-likeness (QED) is 0.748. The normalized spacial score (nSPS) is 11.4. The molecule has 0 aliphatic carbocycles. The predicted octanol–water partition coefficient (Wildman–Crippen LogP) is 1.11. The van der Waals surface area contributed by atoms with Gasteiger partial charge in [0.1, 0.15) is 5.69 Å². The van der Waals surface area contributed by atoms with Crippen LogP contribution in [0, 0.1) is 0 Å². The minimum atomic E-state index is -4.90. The van der Waals surface area contributed by atoms with Crippen molar-refractivity contribution in [3.05, 3.63) is 29.6 Å². The van der Waals surface area contributed by atoms with Crippen molar-refractivity contribution in [2.75, 3.05) is 0 Å². The van der Waals surface area contributed by atoms with Gasteiger partial charge in [-0.1, -0.05) is 11.9 Å². The molecule has 76 valence electrons. The summed E-state index contributed by atoms with van der Waals surface area (Å²) in [4.78, 5) is 14.1. The molecule has 0 unspecified atom stereocenters. The number of rotatable bonds is 3. The molecule has 0 fully saturated rings. The second-order valence-electron chi connectivity index (χ2n) is 2.83. The predicted molar refractivity (Wildman–Crippen MR) is 45.5 cm³/mol. The molecule has 0 aliphatic rings. The van der Waals surface area contributed by atoms with Gasteiger partial charge in [-0.2, -0.15) is 0 Å². The van der Waals surface area contributed by atoms with E-state index in [1.165, 1.54) is 6.07 Å². The van der Waals surface area contributed by atoms with Crippen LogP contribution in [-0.4, -0.2) is 17.9 Å². The van der Waals surface area contributed by atoms with Crippen molar-refractivity contribution in [2.45, 2.75) is 6.32 Å². The van der Waals surface area contributed by atoms with E-state index in [4.69, 9.17) is 5.73 Å². The van der Waals surface area contributed by atoms with Crippen LogP contribution in [0.2, 0.25) is 0 Å². The Labute approximate surface area is 78.2 Å². The minimum absolute atomic E-state index is 0.00120. The Morgan fingerprint density at radius 2 is 2.14 bits per heavy atom. The van der Waals surface area contributed by atoms with Crippen molar-refractivity contribution in [1.29, 1.82) is 0 Å². The molecule has 1 aromatic heterocycles. The molecule has 0 spiro atoms. The first-order chi connectivity index (χ1) is 6.38. The molecular weight excluding hydrogens is 196 g/mol. The number of carbonyl (C=O) groups excluding carboxylic acids is 1. The first-order valence-electron chi connectivity index (χ1n) is 3.84. The van der Waals surface area contributed by atoms with E-state index < -0.39 is 19.2 Å². The van der Waals surface area contributed by atoms with Gasteiger partial charge >= 0.3 is 6.98 Å². The number of nitrogens with zero attached hydrogens (tertiary/aromatic N) is 1. The fourth-order valence-corrected chi connectivity index (χ4v) is 1.00. The third kappa shape index (κ3) is 3.08. The smallest absolute Gasteiger partial charge is 0.449 e. The standard InChI is InChI=1S/C7H7BF3N2O/c9-8(10,11)4-5-1-2-13-6(3-5)7(12)14/h1-3H,4H2,(H2,12,14)/q-1. The molecule has 1 rings (SSSR count). The number of hydrogen-bond acceptors (Lipinski definition) is 2. The molecule has 2 N–H and O–H groups in total. The SMILES string of the molecule is NC(=O)c1cc(C[B-](F)(F)F)ccn1. The van der Waals surface area contributed by atoms with E-state index in [1.807, 2.05) is 0 Å². The molecule has 3 nitrogen and oxygen atoms in total. The number of nitrogens with two attached hydrogens (primary N) is 1. The van der Waals surface area contributed by atoms with Crippen LogP contribution in [0.25, 0.3) is 0 Å². The number of hydrogen-bond donors (Lipinski definition) is 1. The highest BCUT2D eigenvalue weighted by Gasteiger charge is 2.23. The molecule has 1 heterocycles. The van der Waals surface area contributed by atoms with Crippen LogP contribution in [0.5, 0.6) is 0 Å². The number of aromatic nitrogens is 1. The highest BCUT2D eigenvalue weighted by Crippen LogP contribution is 2.16. The van der Waals surface area contributed by atoms with Crippen LogP contribution in [-0.2, 0) is 6.32 Å². The first kappa shape index (κ1) is 10.6. The van der Waals surface area contributed by atoms with Gasteiger partial charge < -0.3 is 18.7 Å². The summed E-state index contributed by atoms with van der Waals surface area (Å²) in [5.74, 6) is -0.832. The Morgan fingerprint density at radius 1 is 1.50 bits per heavy atom. The van der Waals surface area contributed by atoms with Gasteiger partial charge in [0.05, 0.1) is 0 Å². The number of primary amides is 1. The number of amides is 1. The maximum absolute atomic E-state index is 12.0. The fourth-order valence-electron chi connectivity index (χ4n) is 1.00. The molecule has 0 aliphatic heterocycles. The zero-order valence-corrected chi connectivity index (χ0v) is 7.08. The van der Waals surface area contributed by atoms with Crippen LogP contribution in [0.4, 0.5) is 12.9 Å². The van der Waals surface area contributed by atoms with Gasteiger partial charge in [0.2, 0.25) is 0 Å². The molecule has 0 saturated carbocycles. The molecular formula is C7H7BF3N2O-. The largest absolute Gasteiger partial charge is 0.482 e. The lowest BCUT2D eigenvalue weighted by Crippen LogP contribution is -2.20. The molecule has 0 atom stereocenters. The fraction of sp³-hybridized carbons (Fsp3) is 0.143. The maximum Gasteiger partial charge on any atom is 0.482 e. The van der Waals surface area contributed by atoms with Crippen molar-refractivity contribution in [3.63, 3.8) is 0 Å². The summed E-state index contributed by atoms with van der Waals surface area (Å²) in [5, 5.41) is 0. The minimum Gasteiger partial charge on any atom is -0.449 e. The average Bonchev–Trinajstić information content (AvgIpc) is 2.01. The van der Waals surface area contributed by atoms with E-state index in [0.717, 1.165) is 12.3 Å². The summed E-state index contributed by atoms with van der Waals surface area (Å²) in [6, 6.07) is 2.26. The van der Waals surface area contributed by atoms with Gasteiger partial charge in [-0.15, -0.1) is 0 Å². The van der Waals surface area contributed by atoms with Gasteiger partial charge in [-0.3, -0.25) is 9.78 Å². The van der Waals surface area contributed by atoms with Crippen LogP contribution >= 0.6 is 0 Å². The van der Waals surface area contributed by atoms with Crippen molar-refractivity contribution in [3.8, 4) is 0 Å². The summed E-state index contributed by atoms with van der Waals surface area (Å²) in [6.07, 6.45) is 0.111. The molecule has 14 heavy (non-hydrogen) atoms. The molecule has 1 amide bonds. The molecule has 7 heteroatoms. The second-order valence-corrected chi connectivity index (χ2v) is 2.83. The lowest BCUT2D eigenvalue weighted by molar-refractivity contribution is 0.0995. The summed E-state index contributed by atoms with van der Waals surface area (Å²) in [5.41, 5.74) is 4.72.